The lowest BCUT2D eigenvalue weighted by atomic mass is 9.90. The van der Waals surface area contributed by atoms with E-state index in [0.29, 0.717) is 12.0 Å². The Morgan fingerprint density at radius 2 is 2.06 bits per heavy atom. The van der Waals surface area contributed by atoms with E-state index in [1.165, 1.54) is 10.9 Å². The number of likely N-dealkylation sites (N-methyl/N-ethyl adjacent to an activating group) is 1. The molecule has 90 valence electrons. The molecule has 0 aliphatic heterocycles. The zero-order chi connectivity index (χ0) is 12.3. The van der Waals surface area contributed by atoms with Crippen molar-refractivity contribution in [3.63, 3.8) is 0 Å². The molecule has 0 bridgehead atoms. The predicted molar refractivity (Wildman–Crippen MR) is 71.1 cm³/mol. The number of hydrogen-bond acceptors (Lipinski definition) is 3. The summed E-state index contributed by atoms with van der Waals surface area (Å²) in [5.74, 6) is 0.436. The minimum absolute atomic E-state index is 0.436. The third-order valence-electron chi connectivity index (χ3n) is 3.48. The number of benzene rings is 1. The molecule has 2 atom stereocenters. The first-order valence-corrected chi connectivity index (χ1v) is 6.15. The highest BCUT2D eigenvalue weighted by molar-refractivity contribution is 5.81. The molecule has 17 heavy (non-hydrogen) atoms. The van der Waals surface area contributed by atoms with Crippen molar-refractivity contribution in [3.8, 4) is 0 Å². The molecule has 1 heterocycles. The highest BCUT2D eigenvalue weighted by Crippen LogP contribution is 2.26. The second-order valence-electron chi connectivity index (χ2n) is 4.41. The molecule has 2 aromatic rings. The Hall–Kier alpha value is -1.48. The Bertz CT molecular complexity index is 486. The standard InChI is InChI=1S/C14H19N3/c1-4-13(15-3)10(2)12-9-16-17-14-8-6-5-7-11(12)14/h5-10,13,15H,4H2,1-3H3. The molecular weight excluding hydrogens is 210 g/mol. The van der Waals surface area contributed by atoms with E-state index in [0.717, 1.165) is 11.9 Å². The molecule has 0 aliphatic rings. The maximum atomic E-state index is 4.16. The van der Waals surface area contributed by atoms with Gasteiger partial charge in [-0.25, -0.2) is 0 Å². The van der Waals surface area contributed by atoms with Crippen LogP contribution in [0.4, 0.5) is 0 Å². The quantitative estimate of drug-likeness (QED) is 0.876. The molecule has 1 aromatic heterocycles. The lowest BCUT2D eigenvalue weighted by molar-refractivity contribution is 0.473. The van der Waals surface area contributed by atoms with Crippen molar-refractivity contribution in [2.75, 3.05) is 7.05 Å². The van der Waals surface area contributed by atoms with Crippen LogP contribution in [0.1, 0.15) is 31.7 Å². The summed E-state index contributed by atoms with van der Waals surface area (Å²) in [4.78, 5) is 0. The summed E-state index contributed by atoms with van der Waals surface area (Å²) >= 11 is 0. The molecule has 0 amide bonds. The number of nitrogens with one attached hydrogen (secondary N) is 1. The van der Waals surface area contributed by atoms with Crippen LogP contribution >= 0.6 is 0 Å². The molecule has 0 saturated carbocycles. The molecule has 2 unspecified atom stereocenters. The monoisotopic (exact) mass is 229 g/mol. The van der Waals surface area contributed by atoms with Gasteiger partial charge in [0.2, 0.25) is 0 Å². The zero-order valence-electron chi connectivity index (χ0n) is 10.6. The average molecular weight is 229 g/mol. The van der Waals surface area contributed by atoms with Crippen LogP contribution in [0.2, 0.25) is 0 Å². The summed E-state index contributed by atoms with van der Waals surface area (Å²) in [6, 6.07) is 8.67. The number of fused-ring (bicyclic) bond motifs is 1. The van der Waals surface area contributed by atoms with Crippen LogP contribution in [0.5, 0.6) is 0 Å². The van der Waals surface area contributed by atoms with Crippen molar-refractivity contribution in [2.24, 2.45) is 0 Å². The summed E-state index contributed by atoms with van der Waals surface area (Å²) < 4.78 is 0. The van der Waals surface area contributed by atoms with Gasteiger partial charge in [-0.15, -0.1) is 0 Å². The van der Waals surface area contributed by atoms with E-state index in [4.69, 9.17) is 0 Å². The minimum Gasteiger partial charge on any atom is -0.316 e. The van der Waals surface area contributed by atoms with Gasteiger partial charge in [-0.3, -0.25) is 0 Å². The molecule has 0 aliphatic carbocycles. The van der Waals surface area contributed by atoms with Gasteiger partial charge < -0.3 is 5.32 Å². The first-order valence-electron chi connectivity index (χ1n) is 6.15. The SMILES string of the molecule is CCC(NC)C(C)c1cnnc2ccccc12. The van der Waals surface area contributed by atoms with Crippen LogP contribution in [0.25, 0.3) is 10.9 Å². The highest BCUT2D eigenvalue weighted by Gasteiger charge is 2.18. The van der Waals surface area contributed by atoms with Gasteiger partial charge in [0, 0.05) is 11.4 Å². The van der Waals surface area contributed by atoms with E-state index in [1.807, 2.05) is 25.4 Å². The fourth-order valence-electron chi connectivity index (χ4n) is 2.42. The van der Waals surface area contributed by atoms with Crippen molar-refractivity contribution in [3.05, 3.63) is 36.0 Å². The van der Waals surface area contributed by atoms with Gasteiger partial charge in [0.25, 0.3) is 0 Å². The number of aromatic nitrogens is 2. The van der Waals surface area contributed by atoms with E-state index in [-0.39, 0.29) is 0 Å². The third kappa shape index (κ3) is 2.29. The zero-order valence-corrected chi connectivity index (χ0v) is 10.6. The molecule has 0 spiro atoms. The summed E-state index contributed by atoms with van der Waals surface area (Å²) in [7, 11) is 2.02. The Kier molecular flexibility index (Phi) is 3.69. The van der Waals surface area contributed by atoms with E-state index in [9.17, 15) is 0 Å². The Morgan fingerprint density at radius 3 is 2.76 bits per heavy atom. The second-order valence-corrected chi connectivity index (χ2v) is 4.41. The van der Waals surface area contributed by atoms with E-state index >= 15 is 0 Å². The van der Waals surface area contributed by atoms with Crippen LogP contribution in [0.3, 0.4) is 0 Å². The van der Waals surface area contributed by atoms with Gasteiger partial charge in [-0.05, 0) is 31.0 Å². The Morgan fingerprint density at radius 1 is 1.29 bits per heavy atom. The minimum atomic E-state index is 0.436. The smallest absolute Gasteiger partial charge is 0.0932 e. The number of hydrogen-bond donors (Lipinski definition) is 1. The summed E-state index contributed by atoms with van der Waals surface area (Å²) in [5, 5.41) is 12.9. The molecule has 2 rings (SSSR count). The Labute approximate surface area is 102 Å². The van der Waals surface area contributed by atoms with Crippen molar-refractivity contribution >= 4 is 10.9 Å². The van der Waals surface area contributed by atoms with Gasteiger partial charge >= 0.3 is 0 Å². The molecular formula is C14H19N3. The molecule has 0 fully saturated rings. The molecule has 0 radical (unpaired) electrons. The van der Waals surface area contributed by atoms with Gasteiger partial charge in [0.05, 0.1) is 11.7 Å². The van der Waals surface area contributed by atoms with Crippen LogP contribution in [0, 0.1) is 0 Å². The fraction of sp³-hybridized carbons (Fsp3) is 0.429. The van der Waals surface area contributed by atoms with Gasteiger partial charge in [0.1, 0.15) is 0 Å². The number of rotatable bonds is 4. The normalized spacial score (nSPS) is 14.8. The van der Waals surface area contributed by atoms with Gasteiger partial charge in [-0.1, -0.05) is 32.0 Å². The van der Waals surface area contributed by atoms with Crippen molar-refractivity contribution in [2.45, 2.75) is 32.2 Å². The maximum Gasteiger partial charge on any atom is 0.0932 e. The molecule has 3 heteroatoms. The maximum absolute atomic E-state index is 4.16. The van der Waals surface area contributed by atoms with E-state index < -0.39 is 0 Å². The lowest BCUT2D eigenvalue weighted by Gasteiger charge is -2.23. The first-order chi connectivity index (χ1) is 8.27. The van der Waals surface area contributed by atoms with E-state index in [1.54, 1.807) is 0 Å². The fourth-order valence-corrected chi connectivity index (χ4v) is 2.42. The van der Waals surface area contributed by atoms with Gasteiger partial charge in [0.15, 0.2) is 0 Å². The van der Waals surface area contributed by atoms with Crippen LogP contribution in [0.15, 0.2) is 30.5 Å². The van der Waals surface area contributed by atoms with Crippen LogP contribution in [-0.2, 0) is 0 Å². The predicted octanol–water partition coefficient (Wildman–Crippen LogP) is 2.73. The van der Waals surface area contributed by atoms with Gasteiger partial charge in [-0.2, -0.15) is 10.2 Å². The van der Waals surface area contributed by atoms with Crippen LogP contribution < -0.4 is 5.32 Å². The largest absolute Gasteiger partial charge is 0.316 e. The van der Waals surface area contributed by atoms with Crippen molar-refractivity contribution in [1.82, 2.24) is 15.5 Å². The molecule has 3 nitrogen and oxygen atoms in total. The Balaban J connectivity index is 2.47. The lowest BCUT2D eigenvalue weighted by Crippen LogP contribution is -2.30. The second kappa shape index (κ2) is 5.23. The topological polar surface area (TPSA) is 37.8 Å². The van der Waals surface area contributed by atoms with Crippen molar-refractivity contribution < 1.29 is 0 Å². The third-order valence-corrected chi connectivity index (χ3v) is 3.48. The summed E-state index contributed by atoms with van der Waals surface area (Å²) in [6.07, 6.45) is 3.00. The molecule has 0 saturated heterocycles. The number of nitrogens with zero attached hydrogens (tertiary/aromatic N) is 2. The molecule has 1 aromatic carbocycles. The molecule has 1 N–H and O–H groups in total. The highest BCUT2D eigenvalue weighted by atomic mass is 15.1. The van der Waals surface area contributed by atoms with Crippen LogP contribution in [-0.4, -0.2) is 23.3 Å². The average Bonchev–Trinajstić information content (AvgIpc) is 2.39. The van der Waals surface area contributed by atoms with Crippen molar-refractivity contribution in [1.29, 1.82) is 0 Å². The van der Waals surface area contributed by atoms with E-state index in [2.05, 4.69) is 41.5 Å². The summed E-state index contributed by atoms with van der Waals surface area (Å²) in [6.45, 7) is 4.45. The first kappa shape index (κ1) is 12.0. The summed E-state index contributed by atoms with van der Waals surface area (Å²) in [5.41, 5.74) is 2.25.